The van der Waals surface area contributed by atoms with Crippen molar-refractivity contribution < 1.29 is 8.78 Å². The molecule has 0 bridgehead atoms. The fourth-order valence-electron chi connectivity index (χ4n) is 1.94. The van der Waals surface area contributed by atoms with E-state index in [1.54, 1.807) is 18.2 Å². The molecule has 0 aliphatic carbocycles. The van der Waals surface area contributed by atoms with Crippen LogP contribution in [0, 0.1) is 23.8 Å². The molecule has 0 aliphatic heterocycles. The predicted octanol–water partition coefficient (Wildman–Crippen LogP) is 3.87. The molecule has 0 N–H and O–H groups in total. The Hall–Kier alpha value is -1.96. The number of fused-ring (bicyclic) bond motifs is 3. The van der Waals surface area contributed by atoms with Gasteiger partial charge in [0.2, 0.25) is 0 Å². The summed E-state index contributed by atoms with van der Waals surface area (Å²) in [4.78, 5) is 0. The second kappa shape index (κ2) is 3.27. The molecule has 16 heavy (non-hydrogen) atoms. The zero-order valence-corrected chi connectivity index (χ0v) is 8.22. The van der Waals surface area contributed by atoms with E-state index in [1.165, 1.54) is 18.2 Å². The van der Waals surface area contributed by atoms with Crippen LogP contribution in [0.5, 0.6) is 0 Å². The van der Waals surface area contributed by atoms with Gasteiger partial charge in [0, 0.05) is 10.8 Å². The lowest BCUT2D eigenvalue weighted by Gasteiger charge is -2.05. The van der Waals surface area contributed by atoms with Gasteiger partial charge in [0.25, 0.3) is 0 Å². The van der Waals surface area contributed by atoms with E-state index < -0.39 is 11.6 Å². The Bertz CT molecular complexity index is 687. The normalized spacial score (nSPS) is 11.1. The summed E-state index contributed by atoms with van der Waals surface area (Å²) in [6.07, 6.45) is 0. The predicted molar refractivity (Wildman–Crippen MR) is 59.0 cm³/mol. The number of hydrogen-bond donors (Lipinski definition) is 0. The summed E-state index contributed by atoms with van der Waals surface area (Å²) in [5.74, 6) is -0.883. The van der Waals surface area contributed by atoms with E-state index in [9.17, 15) is 8.78 Å². The van der Waals surface area contributed by atoms with Gasteiger partial charge in [-0.25, -0.2) is 8.78 Å². The van der Waals surface area contributed by atoms with E-state index in [0.717, 1.165) is 0 Å². The van der Waals surface area contributed by atoms with E-state index in [-0.39, 0.29) is 5.39 Å². The quantitative estimate of drug-likeness (QED) is 0.496. The number of halogens is 2. The van der Waals surface area contributed by atoms with Gasteiger partial charge in [0.05, 0.1) is 0 Å². The molecule has 0 saturated heterocycles. The molecule has 2 heteroatoms. The summed E-state index contributed by atoms with van der Waals surface area (Å²) >= 11 is 0. The second-order valence-corrected chi connectivity index (χ2v) is 3.60. The molecule has 0 aromatic heterocycles. The van der Waals surface area contributed by atoms with Crippen molar-refractivity contribution in [3.63, 3.8) is 0 Å². The third-order valence-electron chi connectivity index (χ3n) is 2.65. The Labute approximate surface area is 91.1 Å². The highest BCUT2D eigenvalue weighted by Crippen LogP contribution is 2.29. The van der Waals surface area contributed by atoms with E-state index in [2.05, 4.69) is 12.1 Å². The highest BCUT2D eigenvalue weighted by atomic mass is 19.1. The molecule has 2 radical (unpaired) electrons. The number of rotatable bonds is 0. The minimum absolute atomic E-state index is 0.263. The van der Waals surface area contributed by atoms with E-state index >= 15 is 0 Å². The van der Waals surface area contributed by atoms with Crippen LogP contribution >= 0.6 is 0 Å². The summed E-state index contributed by atoms with van der Waals surface area (Å²) in [5.41, 5.74) is 0. The van der Waals surface area contributed by atoms with Crippen molar-refractivity contribution in [2.75, 3.05) is 0 Å². The molecule has 0 nitrogen and oxygen atoms in total. The zero-order chi connectivity index (χ0) is 11.1. The monoisotopic (exact) mass is 212 g/mol. The fourth-order valence-corrected chi connectivity index (χ4v) is 1.94. The summed E-state index contributed by atoms with van der Waals surface area (Å²) in [6, 6.07) is 14.6. The van der Waals surface area contributed by atoms with Gasteiger partial charge in [-0.2, -0.15) is 0 Å². The maximum Gasteiger partial charge on any atom is 0.132 e. The molecule has 3 rings (SSSR count). The molecule has 3 aromatic rings. The first-order valence-electron chi connectivity index (χ1n) is 4.85. The molecular weight excluding hydrogens is 206 g/mol. The first-order valence-corrected chi connectivity index (χ1v) is 4.85. The number of benzene rings is 3. The van der Waals surface area contributed by atoms with Crippen LogP contribution in [-0.4, -0.2) is 0 Å². The Morgan fingerprint density at radius 2 is 1.75 bits per heavy atom. The summed E-state index contributed by atoms with van der Waals surface area (Å²) < 4.78 is 27.4. The third kappa shape index (κ3) is 1.20. The van der Waals surface area contributed by atoms with Crippen LogP contribution in [0.1, 0.15) is 0 Å². The SMILES string of the molecule is Fc1cc2c[c]ccc2c2c(F)c[c]cc12. The van der Waals surface area contributed by atoms with Crippen LogP contribution in [0.3, 0.4) is 0 Å². The lowest BCUT2D eigenvalue weighted by molar-refractivity contribution is 0.630. The van der Waals surface area contributed by atoms with Crippen molar-refractivity contribution in [1.82, 2.24) is 0 Å². The van der Waals surface area contributed by atoms with Crippen LogP contribution in [0.4, 0.5) is 8.78 Å². The first kappa shape index (κ1) is 9.28. The standard InChI is InChI=1S/C14H6F2/c15-12-7-3-6-11-13(16)8-9-4-1-2-5-10(9)14(11)12/h2,4-8H. The minimum atomic E-state index is -0.451. The number of hydrogen-bond acceptors (Lipinski definition) is 0. The molecule has 0 aliphatic rings. The Balaban J connectivity index is 2.67. The molecule has 0 amide bonds. The highest BCUT2D eigenvalue weighted by Gasteiger charge is 2.09. The van der Waals surface area contributed by atoms with Crippen molar-refractivity contribution in [2.24, 2.45) is 0 Å². The van der Waals surface area contributed by atoms with Crippen molar-refractivity contribution >= 4 is 21.5 Å². The fraction of sp³-hybridized carbons (Fsp3) is 0. The van der Waals surface area contributed by atoms with Crippen molar-refractivity contribution in [3.8, 4) is 0 Å². The molecular formula is C14H6F2. The van der Waals surface area contributed by atoms with Crippen LogP contribution in [0.15, 0.2) is 36.4 Å². The Morgan fingerprint density at radius 1 is 0.875 bits per heavy atom. The molecule has 0 atom stereocenters. The van der Waals surface area contributed by atoms with Crippen LogP contribution in [-0.2, 0) is 0 Å². The minimum Gasteiger partial charge on any atom is -0.206 e. The van der Waals surface area contributed by atoms with Gasteiger partial charge < -0.3 is 0 Å². The average Bonchev–Trinajstić information content (AvgIpc) is 2.30. The average molecular weight is 212 g/mol. The van der Waals surface area contributed by atoms with E-state index in [0.29, 0.717) is 16.2 Å². The maximum absolute atomic E-state index is 13.7. The van der Waals surface area contributed by atoms with Gasteiger partial charge >= 0.3 is 0 Å². The van der Waals surface area contributed by atoms with Gasteiger partial charge in [-0.05, 0) is 47.2 Å². The summed E-state index contributed by atoms with van der Waals surface area (Å²) in [6.45, 7) is 0. The molecule has 0 saturated carbocycles. The van der Waals surface area contributed by atoms with Gasteiger partial charge in [-0.3, -0.25) is 0 Å². The topological polar surface area (TPSA) is 0 Å². The van der Waals surface area contributed by atoms with Crippen molar-refractivity contribution in [1.29, 1.82) is 0 Å². The maximum atomic E-state index is 13.7. The van der Waals surface area contributed by atoms with Crippen LogP contribution < -0.4 is 0 Å². The van der Waals surface area contributed by atoms with Crippen molar-refractivity contribution in [3.05, 3.63) is 60.2 Å². The lowest BCUT2D eigenvalue weighted by atomic mass is 10.0. The molecule has 3 aromatic carbocycles. The van der Waals surface area contributed by atoms with Crippen LogP contribution in [0.25, 0.3) is 21.5 Å². The second-order valence-electron chi connectivity index (χ2n) is 3.60. The smallest absolute Gasteiger partial charge is 0.132 e. The van der Waals surface area contributed by atoms with Gasteiger partial charge in [-0.15, -0.1) is 0 Å². The molecule has 0 fully saturated rings. The van der Waals surface area contributed by atoms with Crippen molar-refractivity contribution in [2.45, 2.75) is 0 Å². The van der Waals surface area contributed by atoms with Gasteiger partial charge in [0.1, 0.15) is 11.6 Å². The van der Waals surface area contributed by atoms with Crippen LogP contribution in [0.2, 0.25) is 0 Å². The zero-order valence-electron chi connectivity index (χ0n) is 8.22. The first-order chi connectivity index (χ1) is 7.77. The highest BCUT2D eigenvalue weighted by molar-refractivity contribution is 6.07. The Kier molecular flexibility index (Phi) is 1.90. The molecule has 0 spiro atoms. The summed E-state index contributed by atoms with van der Waals surface area (Å²) in [7, 11) is 0. The molecule has 0 unspecified atom stereocenters. The third-order valence-corrected chi connectivity index (χ3v) is 2.65. The lowest BCUT2D eigenvalue weighted by Crippen LogP contribution is -1.86. The summed E-state index contributed by atoms with van der Waals surface area (Å²) in [5, 5.41) is 1.92. The van der Waals surface area contributed by atoms with E-state index in [1.807, 2.05) is 0 Å². The van der Waals surface area contributed by atoms with Gasteiger partial charge in [0.15, 0.2) is 0 Å². The molecule has 0 heterocycles. The van der Waals surface area contributed by atoms with E-state index in [4.69, 9.17) is 0 Å². The molecule has 76 valence electrons. The Morgan fingerprint density at radius 3 is 2.62 bits per heavy atom. The van der Waals surface area contributed by atoms with Gasteiger partial charge in [-0.1, -0.05) is 12.1 Å². The largest absolute Gasteiger partial charge is 0.206 e.